The lowest BCUT2D eigenvalue weighted by Crippen LogP contribution is -2.47. The van der Waals surface area contributed by atoms with Gasteiger partial charge in [-0.1, -0.05) is 26.2 Å². The monoisotopic (exact) mass is 255 g/mol. The first-order valence-corrected chi connectivity index (χ1v) is 7.37. The molecule has 4 nitrogen and oxygen atoms in total. The molecule has 0 aromatic heterocycles. The number of nitrogens with two attached hydrogens (primary N) is 1. The Morgan fingerprint density at radius 2 is 2.06 bits per heavy atom. The Hall–Kier alpha value is -0.610. The van der Waals surface area contributed by atoms with Crippen molar-refractivity contribution < 1.29 is 4.79 Å². The molecule has 0 radical (unpaired) electrons. The first-order valence-electron chi connectivity index (χ1n) is 7.37. The van der Waals surface area contributed by atoms with Crippen LogP contribution in [0.4, 0.5) is 0 Å². The number of carbonyl (C=O) groups is 1. The summed E-state index contributed by atoms with van der Waals surface area (Å²) in [5.41, 5.74) is 5.93. The van der Waals surface area contributed by atoms with Gasteiger partial charge in [0.2, 0.25) is 5.91 Å². The summed E-state index contributed by atoms with van der Waals surface area (Å²) in [7, 11) is 1.71. The van der Waals surface area contributed by atoms with Crippen LogP contribution in [0, 0.1) is 5.92 Å². The summed E-state index contributed by atoms with van der Waals surface area (Å²) in [6.07, 6.45) is 7.37. The van der Waals surface area contributed by atoms with E-state index >= 15 is 0 Å². The number of hydrogen-bond donors (Lipinski definition) is 2. The molecule has 1 amide bonds. The van der Waals surface area contributed by atoms with E-state index < -0.39 is 0 Å². The highest BCUT2D eigenvalue weighted by Gasteiger charge is 2.28. The third-order valence-corrected chi connectivity index (χ3v) is 4.03. The lowest BCUT2D eigenvalue weighted by molar-refractivity contribution is -0.122. The van der Waals surface area contributed by atoms with Crippen molar-refractivity contribution in [1.29, 1.82) is 0 Å². The van der Waals surface area contributed by atoms with Gasteiger partial charge >= 0.3 is 0 Å². The van der Waals surface area contributed by atoms with E-state index in [2.05, 4.69) is 17.1 Å². The first kappa shape index (κ1) is 15.4. The first-order chi connectivity index (χ1) is 8.72. The zero-order chi connectivity index (χ0) is 13.4. The Balaban J connectivity index is 2.69. The molecule has 0 bridgehead atoms. The van der Waals surface area contributed by atoms with Gasteiger partial charge < -0.3 is 11.1 Å². The van der Waals surface area contributed by atoms with E-state index in [0.29, 0.717) is 18.5 Å². The number of nitrogens with one attached hydrogen (secondary N) is 1. The zero-order valence-electron chi connectivity index (χ0n) is 12.0. The van der Waals surface area contributed by atoms with Crippen LogP contribution in [0.25, 0.3) is 0 Å². The summed E-state index contributed by atoms with van der Waals surface area (Å²) < 4.78 is 0. The van der Waals surface area contributed by atoms with Gasteiger partial charge in [-0.25, -0.2) is 0 Å². The molecule has 2 unspecified atom stereocenters. The molecule has 0 aromatic carbocycles. The second-order valence-corrected chi connectivity index (χ2v) is 5.34. The smallest absolute Gasteiger partial charge is 0.233 e. The molecule has 106 valence electrons. The molecular formula is C14H29N3O. The molecule has 0 aromatic rings. The Labute approximate surface area is 111 Å². The van der Waals surface area contributed by atoms with Gasteiger partial charge in [-0.15, -0.1) is 0 Å². The largest absolute Gasteiger partial charge is 0.358 e. The standard InChI is InChI=1S/C14H29N3O/c1-3-9-17(11-14(18)16-2)13-8-6-4-5-7-12(13)10-15/h12-13H,3-11,15H2,1-2H3,(H,16,18). The molecule has 3 N–H and O–H groups in total. The molecular weight excluding hydrogens is 226 g/mol. The summed E-state index contributed by atoms with van der Waals surface area (Å²) in [5, 5.41) is 2.73. The SMILES string of the molecule is CCCN(CC(=O)NC)C1CCCCCC1CN. The molecule has 1 saturated carbocycles. The van der Waals surface area contributed by atoms with Gasteiger partial charge in [0, 0.05) is 13.1 Å². The quantitative estimate of drug-likeness (QED) is 0.704. The minimum Gasteiger partial charge on any atom is -0.358 e. The number of hydrogen-bond acceptors (Lipinski definition) is 3. The zero-order valence-corrected chi connectivity index (χ0v) is 12.0. The van der Waals surface area contributed by atoms with Crippen LogP contribution in [0.5, 0.6) is 0 Å². The Kier molecular flexibility index (Phi) is 7.28. The van der Waals surface area contributed by atoms with Crippen LogP contribution in [0.15, 0.2) is 0 Å². The summed E-state index contributed by atoms with van der Waals surface area (Å²) in [4.78, 5) is 14.0. The predicted molar refractivity (Wildman–Crippen MR) is 75.3 cm³/mol. The fourth-order valence-corrected chi connectivity index (χ4v) is 3.03. The Morgan fingerprint density at radius 1 is 1.33 bits per heavy atom. The summed E-state index contributed by atoms with van der Waals surface area (Å²) in [6.45, 7) is 4.43. The van der Waals surface area contributed by atoms with E-state index in [-0.39, 0.29) is 5.91 Å². The number of likely N-dealkylation sites (N-methyl/N-ethyl adjacent to an activating group) is 1. The topological polar surface area (TPSA) is 58.4 Å². The van der Waals surface area contributed by atoms with Crippen LogP contribution in [0.2, 0.25) is 0 Å². The van der Waals surface area contributed by atoms with Crippen LogP contribution in [0.1, 0.15) is 45.4 Å². The molecule has 18 heavy (non-hydrogen) atoms. The van der Waals surface area contributed by atoms with E-state index in [9.17, 15) is 4.79 Å². The van der Waals surface area contributed by atoms with Gasteiger partial charge in [-0.3, -0.25) is 9.69 Å². The highest BCUT2D eigenvalue weighted by atomic mass is 16.1. The molecule has 0 heterocycles. The minimum atomic E-state index is 0.114. The van der Waals surface area contributed by atoms with Crippen molar-refractivity contribution in [3.63, 3.8) is 0 Å². The third-order valence-electron chi connectivity index (χ3n) is 4.03. The number of rotatable bonds is 6. The maximum atomic E-state index is 11.6. The lowest BCUT2D eigenvalue weighted by Gasteiger charge is -2.35. The lowest BCUT2D eigenvalue weighted by atomic mass is 9.93. The summed E-state index contributed by atoms with van der Waals surface area (Å²) >= 11 is 0. The van der Waals surface area contributed by atoms with Gasteiger partial charge in [-0.2, -0.15) is 0 Å². The van der Waals surface area contributed by atoms with Crippen LogP contribution in [-0.4, -0.2) is 43.5 Å². The van der Waals surface area contributed by atoms with Gasteiger partial charge in [0.1, 0.15) is 0 Å². The molecule has 1 fully saturated rings. The number of nitrogens with zero attached hydrogens (tertiary/aromatic N) is 1. The predicted octanol–water partition coefficient (Wildman–Crippen LogP) is 1.35. The van der Waals surface area contributed by atoms with Gasteiger partial charge in [0.15, 0.2) is 0 Å². The van der Waals surface area contributed by atoms with Crippen molar-refractivity contribution in [2.45, 2.75) is 51.5 Å². The van der Waals surface area contributed by atoms with E-state index in [1.165, 1.54) is 32.1 Å². The van der Waals surface area contributed by atoms with E-state index in [0.717, 1.165) is 19.5 Å². The molecule has 0 saturated heterocycles. The molecule has 2 atom stereocenters. The van der Waals surface area contributed by atoms with Gasteiger partial charge in [0.25, 0.3) is 0 Å². The van der Waals surface area contributed by atoms with Crippen LogP contribution in [-0.2, 0) is 4.79 Å². The molecule has 4 heteroatoms. The van der Waals surface area contributed by atoms with E-state index in [1.54, 1.807) is 7.05 Å². The van der Waals surface area contributed by atoms with Gasteiger partial charge in [-0.05, 0) is 38.3 Å². The highest BCUT2D eigenvalue weighted by Crippen LogP contribution is 2.26. The van der Waals surface area contributed by atoms with Crippen molar-refractivity contribution in [1.82, 2.24) is 10.2 Å². The van der Waals surface area contributed by atoms with Crippen LogP contribution < -0.4 is 11.1 Å². The second kappa shape index (κ2) is 8.48. The normalized spacial score (nSPS) is 24.9. The summed E-state index contributed by atoms with van der Waals surface area (Å²) in [6, 6.07) is 0.495. The van der Waals surface area contributed by atoms with Crippen molar-refractivity contribution in [3.8, 4) is 0 Å². The molecule has 0 aliphatic heterocycles. The average molecular weight is 255 g/mol. The van der Waals surface area contributed by atoms with Crippen molar-refractivity contribution in [3.05, 3.63) is 0 Å². The number of carbonyl (C=O) groups excluding carboxylic acids is 1. The highest BCUT2D eigenvalue weighted by molar-refractivity contribution is 5.77. The fraction of sp³-hybridized carbons (Fsp3) is 0.929. The van der Waals surface area contributed by atoms with Gasteiger partial charge in [0.05, 0.1) is 6.54 Å². The van der Waals surface area contributed by atoms with Crippen LogP contribution in [0.3, 0.4) is 0 Å². The molecule has 1 rings (SSSR count). The van der Waals surface area contributed by atoms with Crippen molar-refractivity contribution >= 4 is 5.91 Å². The Morgan fingerprint density at radius 3 is 2.67 bits per heavy atom. The van der Waals surface area contributed by atoms with Crippen molar-refractivity contribution in [2.75, 3.05) is 26.7 Å². The van der Waals surface area contributed by atoms with E-state index in [4.69, 9.17) is 5.73 Å². The van der Waals surface area contributed by atoms with Crippen molar-refractivity contribution in [2.24, 2.45) is 11.7 Å². The average Bonchev–Trinajstić information content (AvgIpc) is 2.62. The maximum absolute atomic E-state index is 11.6. The van der Waals surface area contributed by atoms with E-state index in [1.807, 2.05) is 0 Å². The van der Waals surface area contributed by atoms with Crippen LogP contribution >= 0.6 is 0 Å². The molecule has 0 spiro atoms. The Bertz CT molecular complexity index is 245. The minimum absolute atomic E-state index is 0.114. The fourth-order valence-electron chi connectivity index (χ4n) is 3.03. The number of amides is 1. The second-order valence-electron chi connectivity index (χ2n) is 5.34. The third kappa shape index (κ3) is 4.58. The maximum Gasteiger partial charge on any atom is 0.233 e. The summed E-state index contributed by atoms with van der Waals surface area (Å²) in [5.74, 6) is 0.673. The molecule has 1 aliphatic carbocycles. The molecule has 1 aliphatic rings.